The Morgan fingerprint density at radius 1 is 1.06 bits per heavy atom. The van der Waals surface area contributed by atoms with Gasteiger partial charge in [0.25, 0.3) is 0 Å². The molecule has 2 amide bonds. The van der Waals surface area contributed by atoms with E-state index in [4.69, 9.17) is 9.47 Å². The van der Waals surface area contributed by atoms with Gasteiger partial charge in [0.05, 0.1) is 18.2 Å². The van der Waals surface area contributed by atoms with Gasteiger partial charge in [-0.3, -0.25) is 0 Å². The van der Waals surface area contributed by atoms with Gasteiger partial charge in [-0.25, -0.2) is 9.59 Å². The zero-order valence-corrected chi connectivity index (χ0v) is 18.4. The topological polar surface area (TPSA) is 67.9 Å². The van der Waals surface area contributed by atoms with Crippen LogP contribution in [0.3, 0.4) is 0 Å². The number of nitrogens with one attached hydrogen (secondary N) is 1. The van der Waals surface area contributed by atoms with Crippen LogP contribution in [0.15, 0.2) is 65.9 Å². The van der Waals surface area contributed by atoms with E-state index in [1.54, 1.807) is 14.0 Å². The van der Waals surface area contributed by atoms with Crippen LogP contribution in [0.25, 0.3) is 0 Å². The summed E-state index contributed by atoms with van der Waals surface area (Å²) in [5, 5.41) is 2.91. The molecule has 1 aliphatic heterocycles. The van der Waals surface area contributed by atoms with Crippen LogP contribution in [-0.4, -0.2) is 30.6 Å². The standard InChI is InChI=1S/C25H30N2O4/c1-4-5-9-16-30-24(28)22-18(2)27(3)25(29)26-23(22)20-12-14-21(15-13-20)31-17-19-10-7-6-8-11-19/h6-8,10-15,23H,4-5,9,16-17H2,1-3H3,(H,26,29)/t23-/m1/s1. The molecule has 6 nitrogen and oxygen atoms in total. The average Bonchev–Trinajstić information content (AvgIpc) is 2.79. The van der Waals surface area contributed by atoms with Crippen LogP contribution >= 0.6 is 0 Å². The van der Waals surface area contributed by atoms with Crippen molar-refractivity contribution >= 4 is 12.0 Å². The van der Waals surface area contributed by atoms with Crippen molar-refractivity contribution in [2.45, 2.75) is 45.8 Å². The zero-order valence-electron chi connectivity index (χ0n) is 18.4. The van der Waals surface area contributed by atoms with Gasteiger partial charge < -0.3 is 19.7 Å². The van der Waals surface area contributed by atoms with Crippen molar-refractivity contribution in [2.75, 3.05) is 13.7 Å². The molecule has 2 aromatic carbocycles. The van der Waals surface area contributed by atoms with Gasteiger partial charge >= 0.3 is 12.0 Å². The molecular formula is C25H30N2O4. The van der Waals surface area contributed by atoms with E-state index in [1.807, 2.05) is 54.6 Å². The van der Waals surface area contributed by atoms with E-state index in [0.29, 0.717) is 24.5 Å². The lowest BCUT2D eigenvalue weighted by Crippen LogP contribution is -2.46. The number of hydrogen-bond acceptors (Lipinski definition) is 4. The molecule has 1 atom stereocenters. The summed E-state index contributed by atoms with van der Waals surface area (Å²) in [5.41, 5.74) is 2.93. The maximum Gasteiger partial charge on any atom is 0.338 e. The van der Waals surface area contributed by atoms with Crippen molar-refractivity contribution in [3.8, 4) is 5.75 Å². The molecule has 0 fully saturated rings. The summed E-state index contributed by atoms with van der Waals surface area (Å²) in [6.07, 6.45) is 2.89. The summed E-state index contributed by atoms with van der Waals surface area (Å²) >= 11 is 0. The van der Waals surface area contributed by atoms with Gasteiger partial charge in [-0.05, 0) is 36.6 Å². The molecule has 3 rings (SSSR count). The molecule has 0 aromatic heterocycles. The Balaban J connectivity index is 1.74. The number of allylic oxidation sites excluding steroid dienone is 1. The predicted molar refractivity (Wildman–Crippen MR) is 119 cm³/mol. The van der Waals surface area contributed by atoms with Crippen LogP contribution in [0.1, 0.15) is 50.3 Å². The third-order valence-electron chi connectivity index (χ3n) is 5.42. The summed E-state index contributed by atoms with van der Waals surface area (Å²) in [6.45, 7) is 4.72. The van der Waals surface area contributed by atoms with E-state index in [0.717, 1.165) is 36.1 Å². The van der Waals surface area contributed by atoms with E-state index >= 15 is 0 Å². The van der Waals surface area contributed by atoms with Gasteiger partial charge in [0, 0.05) is 12.7 Å². The highest BCUT2D eigenvalue weighted by Crippen LogP contribution is 2.31. The second kappa shape index (κ2) is 10.7. The molecule has 2 aromatic rings. The van der Waals surface area contributed by atoms with Gasteiger partial charge in [-0.2, -0.15) is 0 Å². The van der Waals surface area contributed by atoms with Crippen molar-refractivity contribution in [1.82, 2.24) is 10.2 Å². The van der Waals surface area contributed by atoms with E-state index in [9.17, 15) is 9.59 Å². The fourth-order valence-electron chi connectivity index (χ4n) is 3.44. The molecule has 164 valence electrons. The monoisotopic (exact) mass is 422 g/mol. The van der Waals surface area contributed by atoms with Crippen molar-refractivity contribution in [2.24, 2.45) is 0 Å². The quantitative estimate of drug-likeness (QED) is 0.458. The number of urea groups is 1. The van der Waals surface area contributed by atoms with Crippen molar-refractivity contribution in [1.29, 1.82) is 0 Å². The summed E-state index contributed by atoms with van der Waals surface area (Å²) in [6, 6.07) is 16.6. The first-order chi connectivity index (χ1) is 15.0. The maximum atomic E-state index is 12.9. The average molecular weight is 423 g/mol. The number of benzene rings is 2. The molecule has 0 saturated heterocycles. The molecule has 1 heterocycles. The fraction of sp³-hybridized carbons (Fsp3) is 0.360. The number of amides is 2. The Morgan fingerprint density at radius 3 is 2.45 bits per heavy atom. The number of esters is 1. The fourth-order valence-corrected chi connectivity index (χ4v) is 3.44. The van der Waals surface area contributed by atoms with Gasteiger partial charge in [0.15, 0.2) is 0 Å². The van der Waals surface area contributed by atoms with Gasteiger partial charge in [-0.1, -0.05) is 62.2 Å². The van der Waals surface area contributed by atoms with Crippen LogP contribution in [0.2, 0.25) is 0 Å². The van der Waals surface area contributed by atoms with Crippen LogP contribution in [0.4, 0.5) is 4.79 Å². The molecule has 1 aliphatic rings. The van der Waals surface area contributed by atoms with Crippen LogP contribution < -0.4 is 10.1 Å². The minimum Gasteiger partial charge on any atom is -0.489 e. The summed E-state index contributed by atoms with van der Waals surface area (Å²) in [7, 11) is 1.64. The third-order valence-corrected chi connectivity index (χ3v) is 5.42. The van der Waals surface area contributed by atoms with Crippen LogP contribution in [-0.2, 0) is 16.1 Å². The molecule has 0 bridgehead atoms. The van der Waals surface area contributed by atoms with E-state index in [2.05, 4.69) is 12.2 Å². The van der Waals surface area contributed by atoms with E-state index < -0.39 is 12.0 Å². The molecule has 0 radical (unpaired) electrons. The smallest absolute Gasteiger partial charge is 0.338 e. The number of ether oxygens (including phenoxy) is 2. The van der Waals surface area contributed by atoms with Crippen LogP contribution in [0.5, 0.6) is 5.75 Å². The second-order valence-corrected chi connectivity index (χ2v) is 7.63. The second-order valence-electron chi connectivity index (χ2n) is 7.63. The van der Waals surface area contributed by atoms with E-state index in [1.165, 1.54) is 4.90 Å². The SMILES string of the molecule is CCCCCOC(=O)C1=C(C)N(C)C(=O)N[C@@H]1c1ccc(OCc2ccccc2)cc1. The summed E-state index contributed by atoms with van der Waals surface area (Å²) < 4.78 is 11.3. The highest BCUT2D eigenvalue weighted by Gasteiger charge is 2.34. The first kappa shape index (κ1) is 22.4. The molecule has 0 aliphatic carbocycles. The predicted octanol–water partition coefficient (Wildman–Crippen LogP) is 4.97. The molecule has 6 heteroatoms. The van der Waals surface area contributed by atoms with Crippen molar-refractivity contribution < 1.29 is 19.1 Å². The normalized spacial score (nSPS) is 16.2. The molecule has 31 heavy (non-hydrogen) atoms. The Bertz CT molecular complexity index is 922. The Labute approximate surface area is 183 Å². The number of carbonyl (C=O) groups excluding carboxylic acids is 2. The Kier molecular flexibility index (Phi) is 7.70. The lowest BCUT2D eigenvalue weighted by Gasteiger charge is -2.33. The molecule has 0 spiro atoms. The third kappa shape index (κ3) is 5.66. The number of unbranched alkanes of at least 4 members (excludes halogenated alkanes) is 2. The lowest BCUT2D eigenvalue weighted by molar-refractivity contribution is -0.139. The first-order valence-electron chi connectivity index (χ1n) is 10.7. The van der Waals surface area contributed by atoms with Crippen molar-refractivity contribution in [3.63, 3.8) is 0 Å². The van der Waals surface area contributed by atoms with Gasteiger partial charge in [-0.15, -0.1) is 0 Å². The Hall–Kier alpha value is -3.28. The Morgan fingerprint density at radius 2 is 1.77 bits per heavy atom. The van der Waals surface area contributed by atoms with Gasteiger partial charge in [0.1, 0.15) is 12.4 Å². The minimum atomic E-state index is -0.564. The van der Waals surface area contributed by atoms with Crippen molar-refractivity contribution in [3.05, 3.63) is 77.0 Å². The zero-order chi connectivity index (χ0) is 22.2. The number of hydrogen-bond donors (Lipinski definition) is 1. The molecule has 0 saturated carbocycles. The molecule has 0 unspecified atom stereocenters. The molecule has 1 N–H and O–H groups in total. The number of carbonyl (C=O) groups is 2. The van der Waals surface area contributed by atoms with E-state index in [-0.39, 0.29) is 6.03 Å². The maximum absolute atomic E-state index is 12.9. The largest absolute Gasteiger partial charge is 0.489 e. The summed E-state index contributed by atoms with van der Waals surface area (Å²) in [4.78, 5) is 26.7. The lowest BCUT2D eigenvalue weighted by atomic mass is 9.95. The molecular weight excluding hydrogens is 392 g/mol. The minimum absolute atomic E-state index is 0.255. The summed E-state index contributed by atoms with van der Waals surface area (Å²) in [5.74, 6) is 0.325. The highest BCUT2D eigenvalue weighted by molar-refractivity contribution is 5.95. The number of rotatable bonds is 9. The van der Waals surface area contributed by atoms with Crippen LogP contribution in [0, 0.1) is 0 Å². The van der Waals surface area contributed by atoms with Gasteiger partial charge in [0.2, 0.25) is 0 Å². The highest BCUT2D eigenvalue weighted by atomic mass is 16.5. The number of nitrogens with zero attached hydrogens (tertiary/aromatic N) is 1. The first-order valence-corrected chi connectivity index (χ1v) is 10.7.